The van der Waals surface area contributed by atoms with Crippen molar-refractivity contribution in [1.29, 1.82) is 21.0 Å². The molecule has 12 aromatic heterocycles. The minimum Gasteiger partial charge on any atom is -0.565 e. The largest absolute Gasteiger partial charge is 0.565 e. The Balaban J connectivity index is 0.000000167. The molecule has 588 valence electrons. The lowest BCUT2D eigenvalue weighted by Crippen LogP contribution is -2.22. The molecule has 5 N–H and O–H groups in total. The third kappa shape index (κ3) is 21.2. The average Bonchev–Trinajstić information content (AvgIpc) is 1.65. The first-order valence-electron chi connectivity index (χ1n) is 37.6. The summed E-state index contributed by atoms with van der Waals surface area (Å²) >= 11 is 0. The number of ether oxygens (including phenoxy) is 1. The van der Waals surface area contributed by atoms with Gasteiger partial charge in [0.05, 0.1) is 116 Å². The summed E-state index contributed by atoms with van der Waals surface area (Å²) in [5.41, 5.74) is 10.9. The number of nitriles is 4. The van der Waals surface area contributed by atoms with Crippen LogP contribution in [-0.4, -0.2) is 123 Å². The van der Waals surface area contributed by atoms with E-state index in [9.17, 15) is 26.2 Å². The normalized spacial score (nSPS) is 15.9. The lowest BCUT2D eigenvalue weighted by Gasteiger charge is -2.21. The second-order valence-electron chi connectivity index (χ2n) is 29.4. The highest BCUT2D eigenvalue weighted by Gasteiger charge is 2.32. The van der Waals surface area contributed by atoms with Crippen LogP contribution in [0.2, 0.25) is 25.7 Å². The highest BCUT2D eigenvalue weighted by Crippen LogP contribution is 2.42. The van der Waals surface area contributed by atoms with Gasteiger partial charge in [-0.15, -0.1) is 0 Å². The number of H-pyrrole nitrogens is 2. The first-order chi connectivity index (χ1) is 54.5. The van der Waals surface area contributed by atoms with Gasteiger partial charge in [-0.05, 0) is 126 Å². The SMILES string of the molecule is C[Si](C)(C)CCOCn1ccc2c(-c3cnn([C@H](CC#N)C4CCCC4)c3)ncnc21.N#CC[C@H](C1CCCC1)n1cc(-c2ccnc3c2ccn3CO)cn1.N#CC[C@H](C1CCCC1)n1cc(-c2ncnc3[nH]ccc23)cn1.N#CC[C@H](C1CCCC1)n1cc(-c2ncnc3[nH]ccc23)cn1.O=[P+]([O-])OO.O=[P+]([O-])OO.[HH].[HH]. The van der Waals surface area contributed by atoms with Gasteiger partial charge in [0.25, 0.3) is 0 Å². The Bertz CT molecular complexity index is 5060. The van der Waals surface area contributed by atoms with Crippen LogP contribution in [0.25, 0.3) is 89.0 Å². The molecule has 33 nitrogen and oxygen atoms in total. The predicted octanol–water partition coefficient (Wildman–Crippen LogP) is 15.2. The zero-order chi connectivity index (χ0) is 78.9. The number of pyridine rings is 1. The summed E-state index contributed by atoms with van der Waals surface area (Å²) in [4.78, 5) is 54.8. The van der Waals surface area contributed by atoms with Crippen LogP contribution in [-0.2, 0) is 36.7 Å². The molecule has 0 bridgehead atoms. The van der Waals surface area contributed by atoms with Gasteiger partial charge >= 0.3 is 16.5 Å². The van der Waals surface area contributed by atoms with Crippen molar-refractivity contribution in [3.05, 3.63) is 130 Å². The van der Waals surface area contributed by atoms with E-state index in [0.717, 1.165) is 102 Å². The fraction of sp³-hybridized carbons (Fsp3) is 0.461. The molecular weight excluding hydrogens is 1490 g/mol. The minimum atomic E-state index is -3.04. The van der Waals surface area contributed by atoms with Crippen molar-refractivity contribution in [3.8, 4) is 69.2 Å². The zero-order valence-electron chi connectivity index (χ0n) is 62.7. The molecule has 0 aromatic carbocycles. The first kappa shape index (κ1) is 82.4. The average molecular weight is 1580 g/mol. The molecule has 12 aromatic rings. The van der Waals surface area contributed by atoms with Crippen molar-refractivity contribution < 1.29 is 51.5 Å². The molecule has 0 spiro atoms. The number of nitrogens with one attached hydrogen (secondary N) is 2. The van der Waals surface area contributed by atoms with Gasteiger partial charge in [-0.25, -0.2) is 45.4 Å². The number of fused-ring (bicyclic) bond motifs is 4. The van der Waals surface area contributed by atoms with Crippen LogP contribution >= 0.6 is 16.5 Å². The summed E-state index contributed by atoms with van der Waals surface area (Å²) in [6.07, 6.45) is 51.2. The van der Waals surface area contributed by atoms with E-state index in [1.54, 1.807) is 29.7 Å². The van der Waals surface area contributed by atoms with Crippen molar-refractivity contribution in [2.75, 3.05) is 6.61 Å². The summed E-state index contributed by atoms with van der Waals surface area (Å²) in [6.45, 7) is 8.25. The lowest BCUT2D eigenvalue weighted by molar-refractivity contribution is -0.245. The van der Waals surface area contributed by atoms with Crippen LogP contribution in [0.1, 0.15) is 155 Å². The smallest absolute Gasteiger partial charge is 0.521 e. The van der Waals surface area contributed by atoms with E-state index in [4.69, 9.17) is 34.2 Å². The number of hydrogen-bond donors (Lipinski definition) is 5. The van der Waals surface area contributed by atoms with Crippen molar-refractivity contribution in [3.63, 3.8) is 0 Å². The third-order valence-electron chi connectivity index (χ3n) is 21.3. The second-order valence-corrected chi connectivity index (χ2v) is 36.2. The van der Waals surface area contributed by atoms with E-state index in [-0.39, 0.29) is 33.8 Å². The monoisotopic (exact) mass is 1580 g/mol. The number of aromatic amines is 2. The highest BCUT2D eigenvalue weighted by atomic mass is 31.1. The molecule has 112 heavy (non-hydrogen) atoms. The van der Waals surface area contributed by atoms with Gasteiger partial charge in [-0.3, -0.25) is 18.7 Å². The number of aromatic nitrogens is 19. The molecule has 4 fully saturated rings. The molecule has 6 atom stereocenters. The van der Waals surface area contributed by atoms with Crippen molar-refractivity contribution >= 4 is 68.7 Å². The lowest BCUT2D eigenvalue weighted by atomic mass is 9.96. The standard InChI is InChI=1S/C23H32N6OSi.C19H21N5O.2C17H18N6.2HO4P.2H2/c1-31(2,3)13-12-30-17-28-11-9-20-22(25-16-26-23(20)28)19-14-27-29(15-19)21(8-10-24)18-6-4-5-7-18;20-8-5-18(14-3-1-2-4-14)24-12-15(11-22-24)16-6-9-21-19-17(16)7-10-23(19)13-25;2*18-7-5-15(12-3-1-2-4-12)23-10-13(9-22-23)16-14-6-8-19-17(14)21-11-20-16;2*1-4-5(2)3;;/h9,11,14-16,18,21H,4-8,12-13,17H2,1-3H3;6-7,9-12,14,18,25H,1-5,13H2;2*6,8-12,15H,1-5H2,(H,19,20,21);2*1H;2*1H/t21-;18-;2*15-;;;;/m1111..../s1. The molecule has 4 saturated carbocycles. The topological polar surface area (TPSA) is 467 Å². The molecule has 0 aliphatic heterocycles. The van der Waals surface area contributed by atoms with Gasteiger partial charge in [0.1, 0.15) is 55.0 Å². The zero-order valence-corrected chi connectivity index (χ0v) is 65.5. The Hall–Kier alpha value is -10.6. The van der Waals surface area contributed by atoms with Crippen LogP contribution in [0.4, 0.5) is 0 Å². The molecule has 0 amide bonds. The quantitative estimate of drug-likeness (QED) is 0.0123. The molecule has 4 aliphatic rings. The minimum absolute atomic E-state index is 0. The second kappa shape index (κ2) is 40.6. The van der Waals surface area contributed by atoms with Gasteiger partial charge in [0.15, 0.2) is 0 Å². The van der Waals surface area contributed by atoms with Gasteiger partial charge < -0.3 is 38.7 Å². The number of hydrogen-bond acceptors (Lipinski definition) is 25. The van der Waals surface area contributed by atoms with Crippen molar-refractivity contribution in [2.45, 2.75) is 192 Å². The number of nitrogens with zero attached hydrogens (tertiary/aromatic N) is 21. The summed E-state index contributed by atoms with van der Waals surface area (Å²) in [5.74, 6) is 2.19. The first-order valence-corrected chi connectivity index (χ1v) is 43.5. The van der Waals surface area contributed by atoms with Crippen molar-refractivity contribution in [1.82, 2.24) is 93.1 Å². The number of rotatable bonds is 24. The van der Waals surface area contributed by atoms with E-state index in [1.807, 2.05) is 128 Å². The van der Waals surface area contributed by atoms with E-state index >= 15 is 0 Å². The van der Waals surface area contributed by atoms with Crippen LogP contribution in [0.5, 0.6) is 0 Å². The maximum absolute atomic E-state index is 9.42. The van der Waals surface area contributed by atoms with Gasteiger partial charge in [0.2, 0.25) is 0 Å². The third-order valence-corrected chi connectivity index (χ3v) is 23.3. The Morgan fingerprint density at radius 2 is 0.866 bits per heavy atom. The molecule has 16 rings (SSSR count). The molecular formula is C76H95N23O10P2Si. The highest BCUT2D eigenvalue weighted by molar-refractivity contribution is 7.30. The van der Waals surface area contributed by atoms with E-state index < -0.39 is 24.6 Å². The van der Waals surface area contributed by atoms with Crippen LogP contribution in [0, 0.1) is 69.0 Å². The summed E-state index contributed by atoms with van der Waals surface area (Å²) in [6, 6.07) is 21.1. The van der Waals surface area contributed by atoms with Gasteiger partial charge in [-0.1, -0.05) is 71.0 Å². The van der Waals surface area contributed by atoms with E-state index in [1.165, 1.54) is 103 Å². The predicted molar refractivity (Wildman–Crippen MR) is 418 cm³/mol. The van der Waals surface area contributed by atoms with Crippen LogP contribution in [0.3, 0.4) is 0 Å². The Labute approximate surface area is 652 Å². The molecule has 0 saturated heterocycles. The molecule has 36 heteroatoms. The maximum atomic E-state index is 9.42. The summed E-state index contributed by atoms with van der Waals surface area (Å²) < 4.78 is 40.8. The fourth-order valence-corrected chi connectivity index (χ4v) is 16.5. The molecule has 12 heterocycles. The number of aliphatic hydroxyl groups is 1. The molecule has 0 radical (unpaired) electrons. The Kier molecular flexibility index (Phi) is 29.9. The fourth-order valence-electron chi connectivity index (χ4n) is 15.8. The molecule has 2 unspecified atom stereocenters. The summed E-state index contributed by atoms with van der Waals surface area (Å²) in [7, 11) is -7.18. The Morgan fingerprint density at radius 3 is 1.25 bits per heavy atom. The number of aliphatic hydroxyl groups excluding tert-OH is 1. The van der Waals surface area contributed by atoms with E-state index in [0.29, 0.717) is 56.1 Å². The van der Waals surface area contributed by atoms with Gasteiger partial charge in [0, 0.05) is 126 Å². The van der Waals surface area contributed by atoms with Crippen LogP contribution < -0.4 is 9.79 Å². The van der Waals surface area contributed by atoms with E-state index in [2.05, 4.69) is 119 Å². The maximum Gasteiger partial charge on any atom is 0.521 e. The van der Waals surface area contributed by atoms with Gasteiger partial charge in [-0.2, -0.15) is 41.4 Å². The molecule has 4 aliphatic carbocycles. The summed E-state index contributed by atoms with van der Waals surface area (Å²) in [5, 5.41) is 82.7. The van der Waals surface area contributed by atoms with Crippen LogP contribution in [0.15, 0.2) is 130 Å². The van der Waals surface area contributed by atoms with Crippen molar-refractivity contribution in [2.24, 2.45) is 23.7 Å². The Morgan fingerprint density at radius 1 is 0.509 bits per heavy atom.